The fraction of sp³-hybridized carbons (Fsp3) is 0.833. The topological polar surface area (TPSA) is 145 Å². The molecule has 4 unspecified atom stereocenters. The summed E-state index contributed by atoms with van der Waals surface area (Å²) in [5.74, 6) is 0.132. The molecule has 0 saturated carbocycles. The van der Waals surface area contributed by atoms with E-state index in [1.165, 1.54) is 0 Å². The molecule has 0 aromatic carbocycles. The minimum absolute atomic E-state index is 0.0661. The highest BCUT2D eigenvalue weighted by Gasteiger charge is 2.33. The summed E-state index contributed by atoms with van der Waals surface area (Å²) in [6.07, 6.45) is 3.08. The standard InChI is InChI=1S/2C12H20N4/c1-9(2)11(5,7-13)15-16-12(6,8-14)10(3)4;1-5-7-11(3,9-13)15-16-12(4,10-14)8-6-2/h9-10H,1-6H3;5-8H2,1-4H3. The lowest BCUT2D eigenvalue weighted by Crippen LogP contribution is -2.31. The van der Waals surface area contributed by atoms with Crippen molar-refractivity contribution in [1.29, 1.82) is 21.0 Å². The molecular weight excluding hydrogens is 400 g/mol. The Bertz CT molecular complexity index is 738. The molecule has 0 aliphatic rings. The molecule has 0 aliphatic carbocycles. The predicted molar refractivity (Wildman–Crippen MR) is 125 cm³/mol. The average Bonchev–Trinajstić information content (AvgIpc) is 2.76. The smallest absolute Gasteiger partial charge is 0.167 e. The number of hydrogen-bond donors (Lipinski definition) is 0. The van der Waals surface area contributed by atoms with Gasteiger partial charge < -0.3 is 0 Å². The molecule has 8 heteroatoms. The Hall–Kier alpha value is -2.84. The van der Waals surface area contributed by atoms with Gasteiger partial charge in [0, 0.05) is 0 Å². The zero-order valence-corrected chi connectivity index (χ0v) is 21.6. The van der Waals surface area contributed by atoms with E-state index in [0.29, 0.717) is 12.8 Å². The SMILES string of the molecule is CC(C)C(C)(C#N)N=NC(C)(C#N)C(C)C.CCCC(C)(C#N)N=NC(C)(C#N)CCC. The summed E-state index contributed by atoms with van der Waals surface area (Å²) in [7, 11) is 0. The Kier molecular flexibility index (Phi) is 13.3. The molecule has 0 bridgehead atoms. The normalized spacial score (nSPS) is 18.8. The lowest BCUT2D eigenvalue weighted by molar-refractivity contribution is 0.357. The first-order chi connectivity index (χ1) is 14.7. The van der Waals surface area contributed by atoms with Crippen molar-refractivity contribution in [3.8, 4) is 24.3 Å². The van der Waals surface area contributed by atoms with E-state index in [-0.39, 0.29) is 11.8 Å². The van der Waals surface area contributed by atoms with Gasteiger partial charge in [0.05, 0.1) is 24.3 Å². The van der Waals surface area contributed by atoms with Crippen molar-refractivity contribution in [2.45, 2.75) is 117 Å². The first-order valence-electron chi connectivity index (χ1n) is 11.2. The van der Waals surface area contributed by atoms with Gasteiger partial charge in [-0.05, 0) is 52.4 Å². The number of nitriles is 4. The van der Waals surface area contributed by atoms with E-state index in [1.54, 1.807) is 27.7 Å². The predicted octanol–water partition coefficient (Wildman–Crippen LogP) is 6.92. The molecule has 0 heterocycles. The van der Waals surface area contributed by atoms with Crippen LogP contribution in [0.25, 0.3) is 0 Å². The summed E-state index contributed by atoms with van der Waals surface area (Å²) in [6.45, 7) is 18.7. The third-order valence-electron chi connectivity index (χ3n) is 5.61. The molecule has 0 aromatic rings. The first-order valence-corrected chi connectivity index (χ1v) is 11.2. The van der Waals surface area contributed by atoms with Gasteiger partial charge in [0.25, 0.3) is 0 Å². The van der Waals surface area contributed by atoms with Crippen LogP contribution in [0.1, 0.15) is 94.9 Å². The fourth-order valence-electron chi connectivity index (χ4n) is 2.19. The molecular formula is C24H40N8. The van der Waals surface area contributed by atoms with Gasteiger partial charge in [-0.2, -0.15) is 41.5 Å². The molecule has 0 rings (SSSR count). The number of hydrogen-bond acceptors (Lipinski definition) is 8. The van der Waals surface area contributed by atoms with Crippen LogP contribution in [0.3, 0.4) is 0 Å². The van der Waals surface area contributed by atoms with Crippen LogP contribution in [0.5, 0.6) is 0 Å². The van der Waals surface area contributed by atoms with Gasteiger partial charge in [-0.15, -0.1) is 0 Å². The van der Waals surface area contributed by atoms with Crippen molar-refractivity contribution in [2.75, 3.05) is 0 Å². The maximum Gasteiger partial charge on any atom is 0.167 e. The number of rotatable bonds is 10. The number of azo groups is 2. The Balaban J connectivity index is 0. The van der Waals surface area contributed by atoms with Gasteiger partial charge in [-0.3, -0.25) is 0 Å². The van der Waals surface area contributed by atoms with Gasteiger partial charge in [0.15, 0.2) is 22.2 Å². The van der Waals surface area contributed by atoms with Crippen LogP contribution in [0.15, 0.2) is 20.5 Å². The largest absolute Gasteiger partial charge is 0.196 e. The van der Waals surface area contributed by atoms with Crippen molar-refractivity contribution >= 4 is 0 Å². The van der Waals surface area contributed by atoms with Crippen LogP contribution in [-0.4, -0.2) is 22.2 Å². The maximum absolute atomic E-state index is 9.08. The van der Waals surface area contributed by atoms with Gasteiger partial charge in [-0.25, -0.2) is 0 Å². The minimum Gasteiger partial charge on any atom is -0.196 e. The minimum atomic E-state index is -0.854. The summed E-state index contributed by atoms with van der Waals surface area (Å²) < 4.78 is 0. The summed E-state index contributed by atoms with van der Waals surface area (Å²) in [5, 5.41) is 52.5. The van der Waals surface area contributed by atoms with Gasteiger partial charge in [-0.1, -0.05) is 54.4 Å². The zero-order chi connectivity index (χ0) is 25.6. The van der Waals surface area contributed by atoms with Crippen LogP contribution in [0.2, 0.25) is 0 Å². The highest BCUT2D eigenvalue weighted by Crippen LogP contribution is 2.26. The number of nitrogens with zero attached hydrogens (tertiary/aromatic N) is 8. The molecule has 8 nitrogen and oxygen atoms in total. The summed E-state index contributed by atoms with van der Waals surface area (Å²) in [6, 6.07) is 8.58. The highest BCUT2D eigenvalue weighted by molar-refractivity contribution is 5.09. The van der Waals surface area contributed by atoms with Crippen LogP contribution in [0, 0.1) is 57.2 Å². The maximum atomic E-state index is 9.08. The lowest BCUT2D eigenvalue weighted by Gasteiger charge is -2.24. The lowest BCUT2D eigenvalue weighted by atomic mass is 9.90. The van der Waals surface area contributed by atoms with E-state index >= 15 is 0 Å². The highest BCUT2D eigenvalue weighted by atomic mass is 15.2. The third kappa shape index (κ3) is 9.98. The molecule has 4 atom stereocenters. The molecule has 0 spiro atoms. The molecule has 0 aromatic heterocycles. The Morgan fingerprint density at radius 1 is 0.562 bits per heavy atom. The van der Waals surface area contributed by atoms with E-state index in [1.807, 2.05) is 41.5 Å². The van der Waals surface area contributed by atoms with E-state index in [9.17, 15) is 0 Å². The first kappa shape index (κ1) is 31.3. The molecule has 0 saturated heterocycles. The van der Waals surface area contributed by atoms with E-state index < -0.39 is 22.2 Å². The Labute approximate surface area is 195 Å². The van der Waals surface area contributed by atoms with Crippen LogP contribution < -0.4 is 0 Å². The van der Waals surface area contributed by atoms with Gasteiger partial charge in [0.2, 0.25) is 0 Å². The quantitative estimate of drug-likeness (QED) is 0.339. The van der Waals surface area contributed by atoms with Gasteiger partial charge in [0.1, 0.15) is 0 Å². The van der Waals surface area contributed by atoms with Crippen molar-refractivity contribution in [3.63, 3.8) is 0 Å². The van der Waals surface area contributed by atoms with E-state index in [0.717, 1.165) is 12.8 Å². The molecule has 0 fully saturated rings. The van der Waals surface area contributed by atoms with Crippen molar-refractivity contribution in [3.05, 3.63) is 0 Å². The van der Waals surface area contributed by atoms with Crippen LogP contribution >= 0.6 is 0 Å². The van der Waals surface area contributed by atoms with Gasteiger partial charge >= 0.3 is 0 Å². The summed E-state index contributed by atoms with van der Waals surface area (Å²) in [5.41, 5.74) is -3.29. The second kappa shape index (κ2) is 13.5. The average molecular weight is 441 g/mol. The van der Waals surface area contributed by atoms with Crippen molar-refractivity contribution in [1.82, 2.24) is 0 Å². The Morgan fingerprint density at radius 3 is 1.00 bits per heavy atom. The molecule has 0 amide bonds. The summed E-state index contributed by atoms with van der Waals surface area (Å²) >= 11 is 0. The zero-order valence-electron chi connectivity index (χ0n) is 21.6. The molecule has 176 valence electrons. The van der Waals surface area contributed by atoms with Crippen molar-refractivity contribution in [2.24, 2.45) is 32.3 Å². The molecule has 0 N–H and O–H groups in total. The molecule has 32 heavy (non-hydrogen) atoms. The Morgan fingerprint density at radius 2 is 0.844 bits per heavy atom. The van der Waals surface area contributed by atoms with E-state index in [4.69, 9.17) is 21.0 Å². The molecule has 0 aliphatic heterocycles. The van der Waals surface area contributed by atoms with Crippen molar-refractivity contribution < 1.29 is 0 Å². The fourth-order valence-corrected chi connectivity index (χ4v) is 2.19. The summed E-state index contributed by atoms with van der Waals surface area (Å²) in [4.78, 5) is 0. The van der Waals surface area contributed by atoms with Crippen LogP contribution in [0.4, 0.5) is 0 Å². The van der Waals surface area contributed by atoms with E-state index in [2.05, 4.69) is 44.7 Å². The molecule has 0 radical (unpaired) electrons. The third-order valence-corrected chi connectivity index (χ3v) is 5.61. The monoisotopic (exact) mass is 440 g/mol. The van der Waals surface area contributed by atoms with Crippen LogP contribution in [-0.2, 0) is 0 Å². The second-order valence-electron chi connectivity index (χ2n) is 9.50. The second-order valence-corrected chi connectivity index (χ2v) is 9.50.